The van der Waals surface area contributed by atoms with Crippen LogP contribution in [0.1, 0.15) is 35.5 Å². The molecule has 0 aliphatic rings. The molecular weight excluding hydrogens is 404 g/mol. The molecule has 0 saturated carbocycles. The Bertz CT molecular complexity index is 1290. The highest BCUT2D eigenvalue weighted by molar-refractivity contribution is 5.99. The minimum absolute atomic E-state index is 0.115. The number of pyridine rings is 2. The number of imidazole rings is 1. The summed E-state index contributed by atoms with van der Waals surface area (Å²) < 4.78 is 1.62. The molecule has 0 aromatic carbocycles. The molecule has 0 bridgehead atoms. The molecule has 0 aliphatic carbocycles. The summed E-state index contributed by atoms with van der Waals surface area (Å²) in [7, 11) is 0. The fourth-order valence-corrected chi connectivity index (χ4v) is 3.26. The summed E-state index contributed by atoms with van der Waals surface area (Å²) in [5, 5.41) is 19.6. The van der Waals surface area contributed by atoms with Crippen LogP contribution in [0.2, 0.25) is 0 Å². The maximum absolute atomic E-state index is 12.8. The molecule has 0 unspecified atom stereocenters. The zero-order valence-corrected chi connectivity index (χ0v) is 17.8. The van der Waals surface area contributed by atoms with E-state index in [1.54, 1.807) is 29.2 Å². The summed E-state index contributed by atoms with van der Waals surface area (Å²) in [6, 6.07) is 11.4. The van der Waals surface area contributed by atoms with Crippen molar-refractivity contribution in [3.63, 3.8) is 0 Å². The SMILES string of the molecule is CC(C)Nc1cc(-c2cnc3cc(C#N)cnn23)ncc1C(=O)NCCc1ccccn1. The van der Waals surface area contributed by atoms with Gasteiger partial charge in [-0.25, -0.2) is 9.50 Å². The van der Waals surface area contributed by atoms with Gasteiger partial charge >= 0.3 is 0 Å². The quantitative estimate of drug-likeness (QED) is 0.466. The number of nitriles is 1. The lowest BCUT2D eigenvalue weighted by molar-refractivity contribution is 0.0954. The largest absolute Gasteiger partial charge is 0.382 e. The van der Waals surface area contributed by atoms with Crippen molar-refractivity contribution in [1.29, 1.82) is 5.26 Å². The van der Waals surface area contributed by atoms with Crippen LogP contribution in [-0.2, 0) is 6.42 Å². The second-order valence-electron chi connectivity index (χ2n) is 7.51. The number of anilines is 1. The molecule has 4 aromatic heterocycles. The van der Waals surface area contributed by atoms with E-state index in [1.807, 2.05) is 38.1 Å². The molecule has 1 amide bonds. The van der Waals surface area contributed by atoms with E-state index in [-0.39, 0.29) is 11.9 Å². The molecule has 0 aliphatic heterocycles. The van der Waals surface area contributed by atoms with Crippen LogP contribution in [0, 0.1) is 11.3 Å². The monoisotopic (exact) mass is 426 g/mol. The van der Waals surface area contributed by atoms with E-state index in [4.69, 9.17) is 5.26 Å². The summed E-state index contributed by atoms with van der Waals surface area (Å²) in [4.78, 5) is 25.9. The van der Waals surface area contributed by atoms with Crippen molar-refractivity contribution in [2.24, 2.45) is 0 Å². The summed E-state index contributed by atoms with van der Waals surface area (Å²) in [5.74, 6) is -0.210. The van der Waals surface area contributed by atoms with Gasteiger partial charge in [-0.3, -0.25) is 14.8 Å². The Labute approximate surface area is 185 Å². The Kier molecular flexibility index (Phi) is 6.03. The summed E-state index contributed by atoms with van der Waals surface area (Å²) in [6.45, 7) is 4.47. The topological polar surface area (TPSA) is 121 Å². The highest BCUT2D eigenvalue weighted by atomic mass is 16.1. The van der Waals surface area contributed by atoms with E-state index in [0.29, 0.717) is 46.8 Å². The van der Waals surface area contributed by atoms with Gasteiger partial charge in [-0.2, -0.15) is 10.4 Å². The summed E-state index contributed by atoms with van der Waals surface area (Å²) in [6.07, 6.45) is 7.06. The first-order valence-corrected chi connectivity index (χ1v) is 10.2. The second-order valence-corrected chi connectivity index (χ2v) is 7.51. The number of nitrogens with one attached hydrogen (secondary N) is 2. The number of rotatable bonds is 7. The van der Waals surface area contributed by atoms with Crippen molar-refractivity contribution in [3.05, 3.63) is 71.9 Å². The first-order valence-electron chi connectivity index (χ1n) is 10.2. The van der Waals surface area contributed by atoms with Crippen molar-refractivity contribution in [2.45, 2.75) is 26.3 Å². The standard InChI is InChI=1S/C23H22N8O/c1-15(2)30-19-10-20(21-14-28-22-9-16(11-24)12-29-31(21)22)27-13-18(19)23(32)26-8-6-17-5-3-4-7-25-17/h3-5,7,9-10,12-15H,6,8H2,1-2H3,(H,26,32)(H,27,30). The third-order valence-electron chi connectivity index (χ3n) is 4.74. The van der Waals surface area contributed by atoms with Gasteiger partial charge in [0.05, 0.1) is 34.9 Å². The molecule has 9 nitrogen and oxygen atoms in total. The van der Waals surface area contributed by atoms with Crippen molar-refractivity contribution >= 4 is 17.2 Å². The molecule has 0 radical (unpaired) electrons. The summed E-state index contributed by atoms with van der Waals surface area (Å²) in [5.41, 5.74) is 4.31. The third-order valence-corrected chi connectivity index (χ3v) is 4.74. The van der Waals surface area contributed by atoms with Crippen LogP contribution in [-0.4, -0.2) is 43.1 Å². The molecule has 9 heteroatoms. The van der Waals surface area contributed by atoms with Gasteiger partial charge in [0.2, 0.25) is 0 Å². The van der Waals surface area contributed by atoms with Crippen LogP contribution in [0.15, 0.2) is 55.1 Å². The fraction of sp³-hybridized carbons (Fsp3) is 0.217. The first kappa shape index (κ1) is 20.9. The first-order chi connectivity index (χ1) is 15.5. The number of amides is 1. The highest BCUT2D eigenvalue weighted by Crippen LogP contribution is 2.24. The van der Waals surface area contributed by atoms with Crippen LogP contribution in [0.5, 0.6) is 0 Å². The zero-order chi connectivity index (χ0) is 22.5. The van der Waals surface area contributed by atoms with E-state index >= 15 is 0 Å². The Hall–Kier alpha value is -4.32. The number of aromatic nitrogens is 5. The average molecular weight is 426 g/mol. The number of carbonyl (C=O) groups excluding carboxylic acids is 1. The molecule has 4 heterocycles. The number of hydrogen-bond donors (Lipinski definition) is 2. The van der Waals surface area contributed by atoms with E-state index in [2.05, 4.69) is 36.8 Å². The van der Waals surface area contributed by atoms with Crippen LogP contribution in [0.3, 0.4) is 0 Å². The predicted molar refractivity (Wildman–Crippen MR) is 120 cm³/mol. The number of hydrogen-bond acceptors (Lipinski definition) is 7. The normalized spacial score (nSPS) is 10.8. The Morgan fingerprint density at radius 1 is 1.16 bits per heavy atom. The highest BCUT2D eigenvalue weighted by Gasteiger charge is 2.17. The van der Waals surface area contributed by atoms with Gasteiger partial charge in [0.15, 0.2) is 5.65 Å². The summed E-state index contributed by atoms with van der Waals surface area (Å²) >= 11 is 0. The van der Waals surface area contributed by atoms with Gasteiger partial charge in [-0.1, -0.05) is 6.07 Å². The number of carbonyl (C=O) groups is 1. The van der Waals surface area contributed by atoms with E-state index in [9.17, 15) is 4.79 Å². The smallest absolute Gasteiger partial charge is 0.254 e. The van der Waals surface area contributed by atoms with Gasteiger partial charge < -0.3 is 10.6 Å². The fourth-order valence-electron chi connectivity index (χ4n) is 3.26. The van der Waals surface area contributed by atoms with Crippen molar-refractivity contribution in [2.75, 3.05) is 11.9 Å². The minimum atomic E-state index is -0.210. The zero-order valence-electron chi connectivity index (χ0n) is 17.8. The third kappa shape index (κ3) is 4.54. The van der Waals surface area contributed by atoms with Crippen molar-refractivity contribution in [3.8, 4) is 17.5 Å². The molecule has 4 rings (SSSR count). The number of fused-ring (bicyclic) bond motifs is 1. The molecular formula is C23H22N8O. The Morgan fingerprint density at radius 2 is 2.03 bits per heavy atom. The number of nitrogens with zero attached hydrogens (tertiary/aromatic N) is 6. The Morgan fingerprint density at radius 3 is 2.78 bits per heavy atom. The van der Waals surface area contributed by atoms with Gasteiger partial charge in [0.1, 0.15) is 11.8 Å². The maximum Gasteiger partial charge on any atom is 0.254 e. The van der Waals surface area contributed by atoms with Gasteiger partial charge in [-0.05, 0) is 32.0 Å². The molecule has 2 N–H and O–H groups in total. The van der Waals surface area contributed by atoms with E-state index in [1.165, 1.54) is 6.20 Å². The maximum atomic E-state index is 12.8. The lowest BCUT2D eigenvalue weighted by atomic mass is 10.1. The van der Waals surface area contributed by atoms with Crippen molar-refractivity contribution in [1.82, 2.24) is 29.9 Å². The lowest BCUT2D eigenvalue weighted by Gasteiger charge is -2.15. The molecule has 160 valence electrons. The van der Waals surface area contributed by atoms with Crippen molar-refractivity contribution < 1.29 is 4.79 Å². The minimum Gasteiger partial charge on any atom is -0.382 e. The predicted octanol–water partition coefficient (Wildman–Crippen LogP) is 2.85. The van der Waals surface area contributed by atoms with Crippen LogP contribution in [0.4, 0.5) is 5.69 Å². The van der Waals surface area contributed by atoms with E-state index in [0.717, 1.165) is 5.69 Å². The molecule has 32 heavy (non-hydrogen) atoms. The van der Waals surface area contributed by atoms with Gasteiger partial charge in [0, 0.05) is 43.2 Å². The van der Waals surface area contributed by atoms with Gasteiger partial charge in [-0.15, -0.1) is 0 Å². The van der Waals surface area contributed by atoms with Gasteiger partial charge in [0.25, 0.3) is 5.91 Å². The van der Waals surface area contributed by atoms with Crippen LogP contribution < -0.4 is 10.6 Å². The van der Waals surface area contributed by atoms with Crippen LogP contribution in [0.25, 0.3) is 17.0 Å². The van der Waals surface area contributed by atoms with Crippen LogP contribution >= 0.6 is 0 Å². The molecule has 4 aromatic rings. The Balaban J connectivity index is 1.59. The average Bonchev–Trinajstić information content (AvgIpc) is 3.22. The lowest BCUT2D eigenvalue weighted by Crippen LogP contribution is -2.27. The molecule has 0 fully saturated rings. The molecule has 0 saturated heterocycles. The van der Waals surface area contributed by atoms with E-state index < -0.39 is 0 Å². The molecule has 0 atom stereocenters. The second kappa shape index (κ2) is 9.22. The molecule has 0 spiro atoms.